The maximum Gasteiger partial charge on any atom is 0.340 e. The first-order chi connectivity index (χ1) is 14.7. The summed E-state index contributed by atoms with van der Waals surface area (Å²) in [5.41, 5.74) is 0.840. The second-order valence-corrected chi connectivity index (χ2v) is 8.99. The molecule has 2 N–H and O–H groups in total. The Hall–Kier alpha value is -3.31. The van der Waals surface area contributed by atoms with E-state index in [9.17, 15) is 22.4 Å². The van der Waals surface area contributed by atoms with Crippen molar-refractivity contribution in [1.82, 2.24) is 4.98 Å². The fourth-order valence-electron chi connectivity index (χ4n) is 2.64. The van der Waals surface area contributed by atoms with Crippen LogP contribution in [-0.4, -0.2) is 31.9 Å². The predicted molar refractivity (Wildman–Crippen MR) is 114 cm³/mol. The van der Waals surface area contributed by atoms with Gasteiger partial charge in [0.05, 0.1) is 21.8 Å². The van der Waals surface area contributed by atoms with E-state index in [1.807, 2.05) is 0 Å². The van der Waals surface area contributed by atoms with Gasteiger partial charge in [-0.2, -0.15) is 0 Å². The van der Waals surface area contributed by atoms with Crippen molar-refractivity contribution < 1.29 is 27.1 Å². The normalized spacial score (nSPS) is 11.1. The SMILES string of the molecule is Cc1csc(NC(=O)COC(=O)c2ccccc2NS(=O)(=O)c2ccc(F)cc2C)n1. The highest BCUT2D eigenvalue weighted by Crippen LogP contribution is 2.23. The standard InChI is InChI=1S/C20H18FN3O5S2/c1-12-9-14(21)7-8-17(12)31(27,28)24-16-6-4-3-5-15(16)19(26)29-10-18(25)23-20-22-13(2)11-30-20/h3-9,11,24H,10H2,1-2H3,(H,22,23,25). The molecule has 2 aromatic carbocycles. The van der Waals surface area contributed by atoms with E-state index in [0.717, 1.165) is 23.9 Å². The molecule has 162 valence electrons. The van der Waals surface area contributed by atoms with E-state index in [-0.39, 0.29) is 21.7 Å². The van der Waals surface area contributed by atoms with Crippen molar-refractivity contribution in [1.29, 1.82) is 0 Å². The molecule has 1 amide bonds. The predicted octanol–water partition coefficient (Wildman–Crippen LogP) is 3.50. The molecule has 1 aromatic heterocycles. The summed E-state index contributed by atoms with van der Waals surface area (Å²) in [4.78, 5) is 28.4. The Bertz CT molecular complexity index is 1240. The first kappa shape index (κ1) is 22.4. The number of para-hydroxylation sites is 1. The highest BCUT2D eigenvalue weighted by Gasteiger charge is 2.21. The molecule has 0 radical (unpaired) electrons. The molecule has 0 bridgehead atoms. The summed E-state index contributed by atoms with van der Waals surface area (Å²) in [5, 5.41) is 4.64. The number of aryl methyl sites for hydroxylation is 2. The molecule has 8 nitrogen and oxygen atoms in total. The zero-order chi connectivity index (χ0) is 22.6. The molecular formula is C20H18FN3O5S2. The highest BCUT2D eigenvalue weighted by atomic mass is 32.2. The average Bonchev–Trinajstić information content (AvgIpc) is 3.10. The topological polar surface area (TPSA) is 114 Å². The Morgan fingerprint density at radius 1 is 1.16 bits per heavy atom. The van der Waals surface area contributed by atoms with Gasteiger partial charge in [-0.15, -0.1) is 11.3 Å². The van der Waals surface area contributed by atoms with Crippen LogP contribution in [0.15, 0.2) is 52.7 Å². The van der Waals surface area contributed by atoms with Gasteiger partial charge in [0.25, 0.3) is 15.9 Å². The minimum Gasteiger partial charge on any atom is -0.452 e. The lowest BCUT2D eigenvalue weighted by Crippen LogP contribution is -2.22. The lowest BCUT2D eigenvalue weighted by atomic mass is 10.2. The van der Waals surface area contributed by atoms with Crippen LogP contribution >= 0.6 is 11.3 Å². The summed E-state index contributed by atoms with van der Waals surface area (Å²) in [6, 6.07) is 9.06. The number of aromatic nitrogens is 1. The molecule has 11 heteroatoms. The van der Waals surface area contributed by atoms with Crippen LogP contribution in [0.2, 0.25) is 0 Å². The molecule has 0 aliphatic heterocycles. The monoisotopic (exact) mass is 463 g/mol. The Kier molecular flexibility index (Phi) is 6.66. The van der Waals surface area contributed by atoms with Gasteiger partial charge in [0.2, 0.25) is 0 Å². The number of anilines is 2. The van der Waals surface area contributed by atoms with Crippen molar-refractivity contribution in [2.45, 2.75) is 18.7 Å². The number of carbonyl (C=O) groups is 2. The molecule has 0 spiro atoms. The minimum atomic E-state index is -4.10. The Morgan fingerprint density at radius 2 is 1.90 bits per heavy atom. The van der Waals surface area contributed by atoms with Gasteiger partial charge in [-0.05, 0) is 49.7 Å². The number of esters is 1. The number of halogens is 1. The van der Waals surface area contributed by atoms with Crippen LogP contribution in [0.4, 0.5) is 15.2 Å². The maximum atomic E-state index is 13.3. The summed E-state index contributed by atoms with van der Waals surface area (Å²) in [6.07, 6.45) is 0. The third-order valence-electron chi connectivity index (χ3n) is 4.02. The number of thiazole rings is 1. The molecule has 3 aromatic rings. The van der Waals surface area contributed by atoms with E-state index < -0.39 is 34.3 Å². The number of nitrogens with one attached hydrogen (secondary N) is 2. The molecule has 0 saturated carbocycles. The third kappa shape index (κ3) is 5.64. The number of amides is 1. The van der Waals surface area contributed by atoms with Crippen LogP contribution < -0.4 is 10.0 Å². The van der Waals surface area contributed by atoms with Gasteiger partial charge in [-0.25, -0.2) is 22.6 Å². The lowest BCUT2D eigenvalue weighted by molar-refractivity contribution is -0.119. The summed E-state index contributed by atoms with van der Waals surface area (Å²) in [6.45, 7) is 2.66. The second kappa shape index (κ2) is 9.23. The quantitative estimate of drug-likeness (QED) is 0.519. The maximum absolute atomic E-state index is 13.3. The van der Waals surface area contributed by atoms with Gasteiger partial charge < -0.3 is 4.74 Å². The zero-order valence-electron chi connectivity index (χ0n) is 16.5. The first-order valence-corrected chi connectivity index (χ1v) is 11.3. The van der Waals surface area contributed by atoms with Gasteiger partial charge in [-0.1, -0.05) is 12.1 Å². The van der Waals surface area contributed by atoms with Gasteiger partial charge >= 0.3 is 5.97 Å². The molecule has 0 unspecified atom stereocenters. The van der Waals surface area contributed by atoms with Crippen molar-refractivity contribution in [3.05, 3.63) is 70.5 Å². The molecule has 0 aliphatic rings. The minimum absolute atomic E-state index is 0.0350. The van der Waals surface area contributed by atoms with Crippen LogP contribution in [0.3, 0.4) is 0 Å². The number of nitrogens with zero attached hydrogens (tertiary/aromatic N) is 1. The molecule has 31 heavy (non-hydrogen) atoms. The summed E-state index contributed by atoms with van der Waals surface area (Å²) in [7, 11) is -4.10. The van der Waals surface area contributed by atoms with E-state index in [0.29, 0.717) is 5.13 Å². The van der Waals surface area contributed by atoms with Crippen molar-refractivity contribution >= 4 is 44.1 Å². The van der Waals surface area contributed by atoms with Crippen LogP contribution in [0.25, 0.3) is 0 Å². The van der Waals surface area contributed by atoms with Gasteiger partial charge in [0.1, 0.15) is 5.82 Å². The number of sulfonamides is 1. The van der Waals surface area contributed by atoms with Crippen LogP contribution in [0.1, 0.15) is 21.6 Å². The second-order valence-electron chi connectivity index (χ2n) is 6.48. The average molecular weight is 464 g/mol. The van der Waals surface area contributed by atoms with E-state index in [4.69, 9.17) is 4.74 Å². The van der Waals surface area contributed by atoms with Gasteiger partial charge in [0.15, 0.2) is 11.7 Å². The van der Waals surface area contributed by atoms with E-state index in [2.05, 4.69) is 15.0 Å². The Labute approximate surface area is 182 Å². The fraction of sp³-hybridized carbons (Fsp3) is 0.150. The smallest absolute Gasteiger partial charge is 0.340 e. The molecule has 1 heterocycles. The van der Waals surface area contributed by atoms with Crippen molar-refractivity contribution in [3.8, 4) is 0 Å². The highest BCUT2D eigenvalue weighted by molar-refractivity contribution is 7.92. The van der Waals surface area contributed by atoms with Gasteiger partial charge in [0, 0.05) is 5.38 Å². The Morgan fingerprint density at radius 3 is 2.58 bits per heavy atom. The molecular weight excluding hydrogens is 445 g/mol. The molecule has 0 aliphatic carbocycles. The number of rotatable bonds is 7. The van der Waals surface area contributed by atoms with Gasteiger partial charge in [-0.3, -0.25) is 14.8 Å². The summed E-state index contributed by atoms with van der Waals surface area (Å²) in [5.74, 6) is -2.03. The number of carbonyl (C=O) groups excluding carboxylic acids is 2. The van der Waals surface area contributed by atoms with Crippen LogP contribution in [0, 0.1) is 19.7 Å². The molecule has 0 atom stereocenters. The summed E-state index contributed by atoms with van der Waals surface area (Å²) >= 11 is 1.23. The molecule has 3 rings (SSSR count). The van der Waals surface area contributed by atoms with E-state index >= 15 is 0 Å². The number of benzene rings is 2. The first-order valence-electron chi connectivity index (χ1n) is 8.93. The summed E-state index contributed by atoms with van der Waals surface area (Å²) < 4.78 is 46.1. The molecule has 0 fully saturated rings. The van der Waals surface area contributed by atoms with Crippen LogP contribution in [0.5, 0.6) is 0 Å². The fourth-order valence-corrected chi connectivity index (χ4v) is 4.65. The van der Waals surface area contributed by atoms with E-state index in [1.165, 1.54) is 42.5 Å². The number of hydrogen-bond acceptors (Lipinski definition) is 7. The largest absolute Gasteiger partial charge is 0.452 e. The number of ether oxygens (including phenoxy) is 1. The van der Waals surface area contributed by atoms with Crippen molar-refractivity contribution in [2.75, 3.05) is 16.6 Å². The van der Waals surface area contributed by atoms with Crippen LogP contribution in [-0.2, 0) is 19.6 Å². The van der Waals surface area contributed by atoms with Crippen molar-refractivity contribution in [3.63, 3.8) is 0 Å². The lowest BCUT2D eigenvalue weighted by Gasteiger charge is -2.13. The van der Waals surface area contributed by atoms with E-state index in [1.54, 1.807) is 12.3 Å². The number of hydrogen-bond donors (Lipinski definition) is 2. The Balaban J connectivity index is 1.72. The third-order valence-corrected chi connectivity index (χ3v) is 6.42. The molecule has 0 saturated heterocycles. The van der Waals surface area contributed by atoms with Crippen molar-refractivity contribution in [2.24, 2.45) is 0 Å². The zero-order valence-corrected chi connectivity index (χ0v) is 18.1.